The Morgan fingerprint density at radius 3 is 2.66 bits per heavy atom. The molecular weight excluding hydrogens is 519 g/mol. The molecule has 0 bridgehead atoms. The third-order valence-electron chi connectivity index (χ3n) is 5.33. The van der Waals surface area contributed by atoms with Crippen molar-refractivity contribution < 1.29 is 9.32 Å². The van der Waals surface area contributed by atoms with Crippen LogP contribution in [0.2, 0.25) is 0 Å². The van der Waals surface area contributed by atoms with Gasteiger partial charge in [-0.2, -0.15) is 4.98 Å². The van der Waals surface area contributed by atoms with Crippen LogP contribution in [0.4, 0.5) is 0 Å². The lowest BCUT2D eigenvalue weighted by Crippen LogP contribution is -2.45. The highest BCUT2D eigenvalue weighted by Gasteiger charge is 2.27. The molecule has 2 heterocycles. The molecule has 0 saturated carbocycles. The molecule has 1 aliphatic heterocycles. The van der Waals surface area contributed by atoms with Crippen molar-refractivity contribution in [2.75, 3.05) is 26.2 Å². The second-order valence-corrected chi connectivity index (χ2v) is 8.15. The molecular formula is C23H35IN6O2. The Morgan fingerprint density at radius 1 is 1.28 bits per heavy atom. The Balaban J connectivity index is 0.00000363. The predicted molar refractivity (Wildman–Crippen MR) is 137 cm³/mol. The molecule has 1 aromatic heterocycles. The number of hydrogen-bond donors (Lipinski definition) is 2. The number of carbonyl (C=O) groups is 1. The van der Waals surface area contributed by atoms with E-state index in [0.717, 1.165) is 56.2 Å². The fraction of sp³-hybridized carbons (Fsp3) is 0.565. The van der Waals surface area contributed by atoms with Gasteiger partial charge in [0.1, 0.15) is 0 Å². The Hall–Kier alpha value is -2.17. The van der Waals surface area contributed by atoms with E-state index in [2.05, 4.69) is 39.8 Å². The van der Waals surface area contributed by atoms with Gasteiger partial charge in [-0.1, -0.05) is 38.1 Å². The normalized spacial score (nSPS) is 16.2. The van der Waals surface area contributed by atoms with Gasteiger partial charge in [0.15, 0.2) is 11.8 Å². The molecule has 1 atom stereocenters. The molecule has 32 heavy (non-hydrogen) atoms. The average molecular weight is 554 g/mol. The summed E-state index contributed by atoms with van der Waals surface area (Å²) >= 11 is 0. The monoisotopic (exact) mass is 554 g/mol. The van der Waals surface area contributed by atoms with Crippen LogP contribution >= 0.6 is 24.0 Å². The van der Waals surface area contributed by atoms with Crippen LogP contribution in [0, 0.1) is 5.92 Å². The van der Waals surface area contributed by atoms with Crippen molar-refractivity contribution in [2.24, 2.45) is 10.9 Å². The number of aryl methyl sites for hydroxylation is 1. The number of amides is 1. The van der Waals surface area contributed by atoms with Crippen LogP contribution in [0.3, 0.4) is 0 Å². The molecule has 1 aromatic carbocycles. The molecule has 1 fully saturated rings. The van der Waals surface area contributed by atoms with Crippen molar-refractivity contribution in [3.05, 3.63) is 35.7 Å². The van der Waals surface area contributed by atoms with Crippen molar-refractivity contribution in [1.82, 2.24) is 25.7 Å². The number of likely N-dealkylation sites (tertiary alicyclic amines) is 1. The minimum Gasteiger partial charge on any atom is -0.357 e. The van der Waals surface area contributed by atoms with E-state index in [1.807, 2.05) is 37.8 Å². The highest BCUT2D eigenvalue weighted by molar-refractivity contribution is 14.0. The summed E-state index contributed by atoms with van der Waals surface area (Å²) in [7, 11) is 0. The van der Waals surface area contributed by atoms with Crippen LogP contribution in [0.1, 0.15) is 45.5 Å². The molecule has 0 radical (unpaired) electrons. The summed E-state index contributed by atoms with van der Waals surface area (Å²) in [6, 6.07) is 8.41. The summed E-state index contributed by atoms with van der Waals surface area (Å²) in [5.41, 5.74) is 2.13. The maximum Gasteiger partial charge on any atom is 0.257 e. The fourth-order valence-electron chi connectivity index (χ4n) is 3.58. The van der Waals surface area contributed by atoms with Gasteiger partial charge < -0.3 is 20.1 Å². The maximum atomic E-state index is 12.2. The van der Waals surface area contributed by atoms with Crippen molar-refractivity contribution in [2.45, 2.75) is 53.0 Å². The third-order valence-corrected chi connectivity index (χ3v) is 5.33. The number of nitrogens with one attached hydrogen (secondary N) is 2. The van der Waals surface area contributed by atoms with E-state index in [1.165, 1.54) is 5.56 Å². The highest BCUT2D eigenvalue weighted by Crippen LogP contribution is 2.18. The average Bonchev–Trinajstić information content (AvgIpc) is 3.43. The third kappa shape index (κ3) is 7.18. The van der Waals surface area contributed by atoms with Gasteiger partial charge in [-0.15, -0.1) is 24.0 Å². The maximum absolute atomic E-state index is 12.2. The second kappa shape index (κ2) is 12.8. The molecule has 8 nitrogen and oxygen atoms in total. The zero-order valence-electron chi connectivity index (χ0n) is 19.4. The van der Waals surface area contributed by atoms with Gasteiger partial charge in [-0.05, 0) is 37.5 Å². The van der Waals surface area contributed by atoms with Crippen LogP contribution < -0.4 is 10.6 Å². The van der Waals surface area contributed by atoms with E-state index in [4.69, 9.17) is 9.52 Å². The number of hydrogen-bond acceptors (Lipinski definition) is 5. The molecule has 1 unspecified atom stereocenters. The van der Waals surface area contributed by atoms with Gasteiger partial charge in [0.2, 0.25) is 5.91 Å². The van der Waals surface area contributed by atoms with Crippen LogP contribution in [0.5, 0.6) is 0 Å². The molecule has 0 spiro atoms. The largest absolute Gasteiger partial charge is 0.357 e. The lowest BCUT2D eigenvalue weighted by Gasteiger charge is -2.20. The minimum absolute atomic E-state index is 0. The Bertz CT molecular complexity index is 881. The molecule has 2 aromatic rings. The Kier molecular flexibility index (Phi) is 10.4. The number of carbonyl (C=O) groups excluding carboxylic acids is 1. The number of aliphatic imine (C=N–C) groups is 1. The summed E-state index contributed by atoms with van der Waals surface area (Å²) in [5, 5.41) is 10.7. The first-order valence-electron chi connectivity index (χ1n) is 11.3. The van der Waals surface area contributed by atoms with Crippen molar-refractivity contribution >= 4 is 35.8 Å². The Morgan fingerprint density at radius 2 is 2.03 bits per heavy atom. The van der Waals surface area contributed by atoms with Crippen LogP contribution in [0.25, 0.3) is 11.5 Å². The lowest BCUT2D eigenvalue weighted by molar-refractivity contribution is -0.133. The second-order valence-electron chi connectivity index (χ2n) is 8.15. The zero-order valence-corrected chi connectivity index (χ0v) is 21.8. The standard InChI is InChI=1S/C23H34N6O2.HI/c1-5-20-27-21(31-28-20)18-9-7-17(8-10-18)11-13-25-23(24-6-2)26-19-12-14-29(15-19)22(30)16(3)4;/h7-10,16,19H,5-6,11-15H2,1-4H3,(H2,24,25,26);1H. The van der Waals surface area contributed by atoms with Gasteiger partial charge in [0.05, 0.1) is 0 Å². The summed E-state index contributed by atoms with van der Waals surface area (Å²) in [5.74, 6) is 2.35. The first kappa shape index (κ1) is 26.1. The van der Waals surface area contributed by atoms with Gasteiger partial charge >= 0.3 is 0 Å². The van der Waals surface area contributed by atoms with Crippen molar-refractivity contribution in [3.63, 3.8) is 0 Å². The lowest BCUT2D eigenvalue weighted by atomic mass is 10.1. The van der Waals surface area contributed by atoms with Crippen molar-refractivity contribution in [1.29, 1.82) is 0 Å². The van der Waals surface area contributed by atoms with Gasteiger partial charge in [0, 0.05) is 50.1 Å². The molecule has 2 N–H and O–H groups in total. The van der Waals surface area contributed by atoms with Gasteiger partial charge in [-0.25, -0.2) is 0 Å². The van der Waals surface area contributed by atoms with Crippen LogP contribution in [-0.2, 0) is 17.6 Å². The minimum atomic E-state index is 0. The molecule has 176 valence electrons. The van der Waals surface area contributed by atoms with E-state index >= 15 is 0 Å². The number of halogens is 1. The first-order chi connectivity index (χ1) is 15.0. The fourth-order valence-corrected chi connectivity index (χ4v) is 3.58. The van der Waals surface area contributed by atoms with E-state index in [1.54, 1.807) is 0 Å². The number of nitrogens with zero attached hydrogens (tertiary/aromatic N) is 4. The SMILES string of the molecule is CCNC(=NCCc1ccc(-c2nc(CC)no2)cc1)NC1CCN(C(=O)C(C)C)C1.I. The highest BCUT2D eigenvalue weighted by atomic mass is 127. The predicted octanol–water partition coefficient (Wildman–Crippen LogP) is 3.27. The molecule has 0 aliphatic carbocycles. The molecule has 1 saturated heterocycles. The topological polar surface area (TPSA) is 95.7 Å². The number of aromatic nitrogens is 2. The quantitative estimate of drug-likeness (QED) is 0.296. The van der Waals surface area contributed by atoms with Crippen LogP contribution in [0.15, 0.2) is 33.8 Å². The van der Waals surface area contributed by atoms with E-state index in [0.29, 0.717) is 12.4 Å². The molecule has 9 heteroatoms. The molecule has 1 amide bonds. The zero-order chi connectivity index (χ0) is 22.2. The number of guanidine groups is 1. The summed E-state index contributed by atoms with van der Waals surface area (Å²) in [4.78, 5) is 23.2. The van der Waals surface area contributed by atoms with E-state index in [9.17, 15) is 4.79 Å². The molecule has 3 rings (SSSR count). The Labute approximate surface area is 207 Å². The molecule has 1 aliphatic rings. The number of rotatable bonds is 8. The van der Waals surface area contributed by atoms with Gasteiger partial charge in [-0.3, -0.25) is 9.79 Å². The first-order valence-corrected chi connectivity index (χ1v) is 11.3. The van der Waals surface area contributed by atoms with E-state index < -0.39 is 0 Å². The summed E-state index contributed by atoms with van der Waals surface area (Å²) < 4.78 is 5.30. The van der Waals surface area contributed by atoms with Gasteiger partial charge in [0.25, 0.3) is 5.89 Å². The van der Waals surface area contributed by atoms with Crippen LogP contribution in [-0.4, -0.2) is 59.1 Å². The smallest absolute Gasteiger partial charge is 0.257 e. The summed E-state index contributed by atoms with van der Waals surface area (Å²) in [6.45, 7) is 11.0. The van der Waals surface area contributed by atoms with Crippen molar-refractivity contribution in [3.8, 4) is 11.5 Å². The van der Waals surface area contributed by atoms with E-state index in [-0.39, 0.29) is 41.8 Å². The number of benzene rings is 1. The summed E-state index contributed by atoms with van der Waals surface area (Å²) in [6.07, 6.45) is 2.54.